The van der Waals surface area contributed by atoms with Gasteiger partial charge in [-0.3, -0.25) is 0 Å². The van der Waals surface area contributed by atoms with Crippen molar-refractivity contribution >= 4 is 34.3 Å². The summed E-state index contributed by atoms with van der Waals surface area (Å²) in [5, 5.41) is 3.71. The smallest absolute Gasteiger partial charge is 0.242 e. The van der Waals surface area contributed by atoms with Crippen LogP contribution in [0, 0.1) is 0 Å². The molecule has 3 aliphatic rings. The molecule has 0 aromatic heterocycles. The van der Waals surface area contributed by atoms with Crippen LogP contribution in [0.4, 0.5) is 0 Å². The Morgan fingerprint density at radius 2 is 1.81 bits per heavy atom. The summed E-state index contributed by atoms with van der Waals surface area (Å²) in [6, 6.07) is 6.03. The summed E-state index contributed by atoms with van der Waals surface area (Å²) in [5.41, 5.74) is 6.07. The van der Waals surface area contributed by atoms with Crippen molar-refractivity contribution in [1.29, 1.82) is 0 Å². The zero-order valence-corrected chi connectivity index (χ0v) is 20.4. The Morgan fingerprint density at radius 3 is 2.38 bits per heavy atom. The SMILES string of the molecule is CC[Si](C)(C)[Si]1(C)C2=C1c1c(ccc(O[Si](C)(C)C)c1C1=CC=CC1)C2. The second-order valence-electron chi connectivity index (χ2n) is 9.90. The Balaban J connectivity index is 1.86. The molecule has 1 aromatic rings. The van der Waals surface area contributed by atoms with Gasteiger partial charge in [0, 0.05) is 5.56 Å². The molecule has 1 unspecified atom stereocenters. The maximum atomic E-state index is 6.59. The maximum Gasteiger partial charge on any atom is 0.242 e. The average Bonchev–Trinajstić information content (AvgIpc) is 2.97. The van der Waals surface area contributed by atoms with Crippen LogP contribution in [-0.2, 0) is 6.42 Å². The lowest BCUT2D eigenvalue weighted by Crippen LogP contribution is -2.50. The molecule has 4 rings (SSSR count). The first-order valence-corrected chi connectivity index (χ1v) is 20.2. The van der Waals surface area contributed by atoms with Crippen molar-refractivity contribution in [2.24, 2.45) is 0 Å². The van der Waals surface area contributed by atoms with Gasteiger partial charge >= 0.3 is 0 Å². The predicted octanol–water partition coefficient (Wildman–Crippen LogP) is 6.53. The highest BCUT2D eigenvalue weighted by Gasteiger charge is 2.63. The van der Waals surface area contributed by atoms with Gasteiger partial charge in [-0.1, -0.05) is 67.3 Å². The average molecular weight is 397 g/mol. The quantitative estimate of drug-likeness (QED) is 0.514. The molecule has 26 heavy (non-hydrogen) atoms. The Morgan fingerprint density at radius 1 is 1.08 bits per heavy atom. The molecule has 0 bridgehead atoms. The Hall–Kier alpha value is -1.11. The maximum absolute atomic E-state index is 6.59. The van der Waals surface area contributed by atoms with Crippen molar-refractivity contribution in [3.05, 3.63) is 52.2 Å². The van der Waals surface area contributed by atoms with Gasteiger partial charge < -0.3 is 4.43 Å². The molecule has 0 N–H and O–H groups in total. The number of hydrogen-bond acceptors (Lipinski definition) is 1. The summed E-state index contributed by atoms with van der Waals surface area (Å²) in [4.78, 5) is 0. The second kappa shape index (κ2) is 5.69. The highest BCUT2D eigenvalue weighted by Crippen LogP contribution is 2.62. The van der Waals surface area contributed by atoms with Gasteiger partial charge in [-0.25, -0.2) is 0 Å². The number of benzene rings is 1. The van der Waals surface area contributed by atoms with Crippen LogP contribution in [0.3, 0.4) is 0 Å². The third-order valence-corrected chi connectivity index (χ3v) is 26.0. The Labute approximate surface area is 161 Å². The fraction of sp³-hybridized carbons (Fsp3) is 0.455. The first-order chi connectivity index (χ1) is 12.1. The summed E-state index contributed by atoms with van der Waals surface area (Å²) >= 11 is 0. The molecule has 0 spiro atoms. The fourth-order valence-corrected chi connectivity index (χ4v) is 19.1. The van der Waals surface area contributed by atoms with E-state index in [2.05, 4.69) is 76.6 Å². The van der Waals surface area contributed by atoms with Crippen LogP contribution in [0.1, 0.15) is 30.0 Å². The fourth-order valence-electron chi connectivity index (χ4n) is 4.82. The van der Waals surface area contributed by atoms with Crippen molar-refractivity contribution in [1.82, 2.24) is 0 Å². The van der Waals surface area contributed by atoms with Crippen LogP contribution in [0.15, 0.2) is 35.6 Å². The van der Waals surface area contributed by atoms with Gasteiger partial charge in [0.25, 0.3) is 0 Å². The Bertz CT molecular complexity index is 883. The van der Waals surface area contributed by atoms with Gasteiger partial charge in [0.15, 0.2) is 0 Å². The van der Waals surface area contributed by atoms with E-state index in [4.69, 9.17) is 4.43 Å². The van der Waals surface area contributed by atoms with Crippen LogP contribution >= 0.6 is 0 Å². The van der Waals surface area contributed by atoms with E-state index < -0.39 is 23.5 Å². The number of hydrogen-bond donors (Lipinski definition) is 0. The molecule has 1 atom stereocenters. The summed E-state index contributed by atoms with van der Waals surface area (Å²) in [5.74, 6) is 1.14. The van der Waals surface area contributed by atoms with Crippen LogP contribution in [-0.4, -0.2) is 23.5 Å². The highest BCUT2D eigenvalue weighted by atomic mass is 29.3. The van der Waals surface area contributed by atoms with Crippen molar-refractivity contribution < 1.29 is 4.43 Å². The minimum absolute atomic E-state index is 1.05. The van der Waals surface area contributed by atoms with Crippen LogP contribution < -0.4 is 4.43 Å². The van der Waals surface area contributed by atoms with E-state index in [-0.39, 0.29) is 0 Å². The molecule has 2 aliphatic carbocycles. The largest absolute Gasteiger partial charge is 0.544 e. The van der Waals surface area contributed by atoms with Crippen LogP contribution in [0.2, 0.25) is 45.3 Å². The summed E-state index contributed by atoms with van der Waals surface area (Å²) in [7, 11) is -4.12. The third kappa shape index (κ3) is 2.53. The molecule has 1 aromatic carbocycles. The van der Waals surface area contributed by atoms with Crippen molar-refractivity contribution in [3.8, 4) is 5.75 Å². The molecule has 1 aliphatic heterocycles. The first-order valence-electron chi connectivity index (χ1n) is 10.1. The lowest BCUT2D eigenvalue weighted by atomic mass is 9.95. The standard InChI is InChI=1S/C22H32OSi3/c1-8-25(5,6)26(7)19-15-17-13-14-18(23-24(2,3)4)20(21(17)22(19)26)16-11-9-10-12-16/h9-11,13-14H,8,12,15H2,1-7H3. The minimum Gasteiger partial charge on any atom is -0.544 e. The molecule has 0 saturated heterocycles. The zero-order chi connectivity index (χ0) is 18.9. The van der Waals surface area contributed by atoms with Gasteiger partial charge in [0.05, 0.1) is 7.59 Å². The Kier molecular flexibility index (Phi) is 4.00. The first kappa shape index (κ1) is 18.3. The molecule has 138 valence electrons. The molecular formula is C22H32OSi3. The molecule has 0 amide bonds. The third-order valence-electron chi connectivity index (χ3n) is 6.96. The van der Waals surface area contributed by atoms with E-state index in [1.165, 1.54) is 23.6 Å². The normalized spacial score (nSPS) is 23.9. The summed E-state index contributed by atoms with van der Waals surface area (Å²) in [6.45, 7) is 17.2. The molecular weight excluding hydrogens is 364 g/mol. The van der Waals surface area contributed by atoms with Gasteiger partial charge in [0.2, 0.25) is 8.32 Å². The van der Waals surface area contributed by atoms with Crippen LogP contribution in [0.5, 0.6) is 5.75 Å². The van der Waals surface area contributed by atoms with Gasteiger partial charge in [-0.2, -0.15) is 0 Å². The van der Waals surface area contributed by atoms with Crippen molar-refractivity contribution in [2.45, 2.75) is 65.1 Å². The molecule has 1 heterocycles. The highest BCUT2D eigenvalue weighted by molar-refractivity contribution is 7.56. The number of fused-ring (bicyclic) bond motifs is 2. The van der Waals surface area contributed by atoms with Gasteiger partial charge in [-0.15, -0.1) is 0 Å². The molecule has 0 fully saturated rings. The number of allylic oxidation sites excluding steroid dienone is 5. The van der Waals surface area contributed by atoms with Crippen molar-refractivity contribution in [3.63, 3.8) is 0 Å². The second-order valence-corrected chi connectivity index (χ2v) is 29.2. The van der Waals surface area contributed by atoms with E-state index in [1.807, 2.05) is 10.4 Å². The predicted molar refractivity (Wildman–Crippen MR) is 122 cm³/mol. The minimum atomic E-state index is -1.64. The lowest BCUT2D eigenvalue weighted by Gasteiger charge is -2.34. The van der Waals surface area contributed by atoms with Crippen molar-refractivity contribution in [2.75, 3.05) is 0 Å². The van der Waals surface area contributed by atoms with Gasteiger partial charge in [-0.05, 0) is 55.2 Å². The summed E-state index contributed by atoms with van der Waals surface area (Å²) in [6.07, 6.45) is 9.09. The van der Waals surface area contributed by atoms with Crippen LogP contribution in [0.25, 0.3) is 10.8 Å². The van der Waals surface area contributed by atoms with E-state index >= 15 is 0 Å². The molecule has 4 heteroatoms. The van der Waals surface area contributed by atoms with E-state index in [1.54, 1.807) is 11.1 Å². The van der Waals surface area contributed by atoms with E-state index in [0.717, 1.165) is 12.2 Å². The number of rotatable bonds is 5. The van der Waals surface area contributed by atoms with E-state index in [0.29, 0.717) is 0 Å². The van der Waals surface area contributed by atoms with E-state index in [9.17, 15) is 0 Å². The molecule has 0 radical (unpaired) electrons. The lowest BCUT2D eigenvalue weighted by molar-refractivity contribution is 0.555. The summed E-state index contributed by atoms with van der Waals surface area (Å²) < 4.78 is 6.59. The monoisotopic (exact) mass is 396 g/mol. The molecule has 0 saturated carbocycles. The topological polar surface area (TPSA) is 9.23 Å². The molecule has 1 nitrogen and oxygen atoms in total. The van der Waals surface area contributed by atoms with Gasteiger partial charge in [0.1, 0.15) is 13.3 Å². The zero-order valence-electron chi connectivity index (χ0n) is 17.4.